The smallest absolute Gasteiger partial charge is 0.222 e. The molecular weight excluding hydrogens is 462 g/mol. The predicted octanol–water partition coefficient (Wildman–Crippen LogP) is 2.02. The third-order valence-corrected chi connectivity index (χ3v) is 5.51. The van der Waals surface area contributed by atoms with Gasteiger partial charge in [-0.2, -0.15) is 14.9 Å². The molecule has 1 amide bonds. The zero-order valence-corrected chi connectivity index (χ0v) is 18.5. The van der Waals surface area contributed by atoms with Gasteiger partial charge in [0.2, 0.25) is 5.91 Å². The maximum absolute atomic E-state index is 11.6. The van der Waals surface area contributed by atoms with Gasteiger partial charge in [-0.15, -0.1) is 10.2 Å². The lowest BCUT2D eigenvalue weighted by atomic mass is 9.81. The fourth-order valence-electron chi connectivity index (χ4n) is 3.54. The largest absolute Gasteiger partial charge is 0.369 e. The molecule has 3 aromatic rings. The fourth-order valence-corrected chi connectivity index (χ4v) is 3.90. The van der Waals surface area contributed by atoms with E-state index in [9.17, 15) is 4.79 Å². The first-order chi connectivity index (χ1) is 14.8. The minimum absolute atomic E-state index is 0.0482. The molecule has 0 fully saturated rings. The molecular formula is C20H20BrN9O. The van der Waals surface area contributed by atoms with Gasteiger partial charge in [0.05, 0.1) is 12.5 Å². The van der Waals surface area contributed by atoms with E-state index in [-0.39, 0.29) is 23.6 Å². The van der Waals surface area contributed by atoms with Crippen LogP contribution in [-0.4, -0.2) is 43.3 Å². The molecule has 0 saturated heterocycles. The summed E-state index contributed by atoms with van der Waals surface area (Å²) >= 11 is 3.38. The van der Waals surface area contributed by atoms with Gasteiger partial charge in [-0.05, 0) is 34.1 Å². The molecule has 4 rings (SSSR count). The Bertz CT molecular complexity index is 1210. The van der Waals surface area contributed by atoms with E-state index in [2.05, 4.69) is 55.4 Å². The number of hydrogen-bond donors (Lipinski definition) is 2. The number of halogens is 1. The molecule has 4 heterocycles. The van der Waals surface area contributed by atoms with E-state index in [1.165, 1.54) is 0 Å². The lowest BCUT2D eigenvalue weighted by Crippen LogP contribution is -2.47. The van der Waals surface area contributed by atoms with Crippen LogP contribution in [0.5, 0.6) is 0 Å². The summed E-state index contributed by atoms with van der Waals surface area (Å²) in [6, 6.07) is 7.12. The van der Waals surface area contributed by atoms with Gasteiger partial charge in [0.1, 0.15) is 16.5 Å². The SMILES string of the molecule is CC1(C)CN(c2ccc(C#N)nn2)C=C[C@H]1Nc1c(CC(N)=O)cnc2cc(Br)nn12. The van der Waals surface area contributed by atoms with Crippen LogP contribution in [-0.2, 0) is 11.2 Å². The van der Waals surface area contributed by atoms with E-state index in [4.69, 9.17) is 11.0 Å². The van der Waals surface area contributed by atoms with Crippen molar-refractivity contribution in [2.24, 2.45) is 11.1 Å². The number of nitrogens with zero attached hydrogens (tertiary/aromatic N) is 7. The van der Waals surface area contributed by atoms with Crippen molar-refractivity contribution in [2.75, 3.05) is 16.8 Å². The molecule has 0 bridgehead atoms. The normalized spacial score (nSPS) is 17.5. The van der Waals surface area contributed by atoms with Gasteiger partial charge in [0.25, 0.3) is 0 Å². The molecule has 0 saturated carbocycles. The summed E-state index contributed by atoms with van der Waals surface area (Å²) in [6.07, 6.45) is 5.66. The highest BCUT2D eigenvalue weighted by Gasteiger charge is 2.34. The molecule has 3 N–H and O–H groups in total. The van der Waals surface area contributed by atoms with Crippen molar-refractivity contribution in [1.29, 1.82) is 5.26 Å². The number of rotatable bonds is 5. The minimum atomic E-state index is -0.445. The van der Waals surface area contributed by atoms with Gasteiger partial charge >= 0.3 is 0 Å². The summed E-state index contributed by atoms with van der Waals surface area (Å²) in [5.74, 6) is 0.891. The second kappa shape index (κ2) is 7.96. The molecule has 1 aliphatic heterocycles. The summed E-state index contributed by atoms with van der Waals surface area (Å²) in [7, 11) is 0. The first kappa shape index (κ1) is 20.7. The second-order valence-electron chi connectivity index (χ2n) is 7.98. The molecule has 3 aromatic heterocycles. The Hall–Kier alpha value is -3.52. The highest BCUT2D eigenvalue weighted by Crippen LogP contribution is 2.33. The third kappa shape index (κ3) is 4.20. The Morgan fingerprint density at radius 2 is 2.23 bits per heavy atom. The van der Waals surface area contributed by atoms with Crippen LogP contribution < -0.4 is 16.0 Å². The van der Waals surface area contributed by atoms with E-state index >= 15 is 0 Å². The van der Waals surface area contributed by atoms with Crippen molar-refractivity contribution < 1.29 is 4.79 Å². The van der Waals surface area contributed by atoms with Gasteiger partial charge in [0.15, 0.2) is 17.2 Å². The summed E-state index contributed by atoms with van der Waals surface area (Å²) < 4.78 is 2.31. The number of nitrogens with one attached hydrogen (secondary N) is 1. The first-order valence-corrected chi connectivity index (χ1v) is 10.3. The number of fused-ring (bicyclic) bond motifs is 1. The number of carbonyl (C=O) groups is 1. The van der Waals surface area contributed by atoms with Crippen LogP contribution in [0.15, 0.2) is 41.3 Å². The van der Waals surface area contributed by atoms with E-state index in [0.717, 1.165) is 0 Å². The molecule has 0 radical (unpaired) electrons. The molecule has 0 aliphatic carbocycles. The lowest BCUT2D eigenvalue weighted by molar-refractivity contribution is -0.117. The summed E-state index contributed by atoms with van der Waals surface area (Å²) in [4.78, 5) is 18.0. The zero-order valence-electron chi connectivity index (χ0n) is 16.9. The van der Waals surface area contributed by atoms with E-state index in [1.54, 1.807) is 28.9 Å². The molecule has 31 heavy (non-hydrogen) atoms. The molecule has 0 unspecified atom stereocenters. The lowest BCUT2D eigenvalue weighted by Gasteiger charge is -2.41. The number of carbonyl (C=O) groups excluding carboxylic acids is 1. The Kier molecular flexibility index (Phi) is 5.32. The monoisotopic (exact) mass is 481 g/mol. The van der Waals surface area contributed by atoms with Crippen molar-refractivity contribution in [3.63, 3.8) is 0 Å². The standard InChI is InChI=1S/C20H20BrN9O/c1-20(2)11-29(17-4-3-13(9-22)26-27-17)6-5-14(20)25-19-12(7-16(23)31)10-24-18-8-15(21)28-30(18)19/h3-6,8,10,14,25H,7,11H2,1-2H3,(H2,23,31)/t14-/m1/s1. The predicted molar refractivity (Wildman–Crippen MR) is 118 cm³/mol. The van der Waals surface area contributed by atoms with E-state index in [1.807, 2.05) is 23.2 Å². The first-order valence-electron chi connectivity index (χ1n) is 9.53. The van der Waals surface area contributed by atoms with Gasteiger partial charge < -0.3 is 16.0 Å². The Balaban J connectivity index is 1.67. The topological polar surface area (TPSA) is 138 Å². The molecule has 0 aromatic carbocycles. The summed E-state index contributed by atoms with van der Waals surface area (Å²) in [5.41, 5.74) is 6.81. The zero-order chi connectivity index (χ0) is 22.2. The average molecular weight is 482 g/mol. The van der Waals surface area contributed by atoms with Crippen LogP contribution in [0, 0.1) is 16.7 Å². The number of nitriles is 1. The molecule has 158 valence electrons. The van der Waals surface area contributed by atoms with Crippen LogP contribution >= 0.6 is 15.9 Å². The van der Waals surface area contributed by atoms with Crippen LogP contribution in [0.1, 0.15) is 25.1 Å². The van der Waals surface area contributed by atoms with E-state index < -0.39 is 5.91 Å². The summed E-state index contributed by atoms with van der Waals surface area (Å²) in [6.45, 7) is 4.91. The number of nitrogens with two attached hydrogens (primary N) is 1. The highest BCUT2D eigenvalue weighted by molar-refractivity contribution is 9.10. The highest BCUT2D eigenvalue weighted by atomic mass is 79.9. The third-order valence-electron chi connectivity index (χ3n) is 5.12. The molecule has 11 heteroatoms. The summed E-state index contributed by atoms with van der Waals surface area (Å²) in [5, 5.41) is 25.0. The van der Waals surface area contributed by atoms with Crippen molar-refractivity contribution >= 4 is 39.1 Å². The number of anilines is 2. The van der Waals surface area contributed by atoms with Gasteiger partial charge in [-0.25, -0.2) is 4.98 Å². The molecule has 0 spiro atoms. The maximum Gasteiger partial charge on any atom is 0.222 e. The maximum atomic E-state index is 11.6. The number of hydrogen-bond acceptors (Lipinski definition) is 8. The Labute approximate surface area is 186 Å². The minimum Gasteiger partial charge on any atom is -0.369 e. The van der Waals surface area contributed by atoms with Gasteiger partial charge in [0, 0.05) is 36.0 Å². The van der Waals surface area contributed by atoms with Crippen LogP contribution in [0.25, 0.3) is 5.65 Å². The van der Waals surface area contributed by atoms with E-state index in [0.29, 0.717) is 34.0 Å². The van der Waals surface area contributed by atoms with Crippen LogP contribution in [0.4, 0.5) is 11.6 Å². The van der Waals surface area contributed by atoms with Crippen molar-refractivity contribution in [3.05, 3.63) is 52.5 Å². The number of amides is 1. The Morgan fingerprint density at radius 3 is 2.87 bits per heavy atom. The van der Waals surface area contributed by atoms with Crippen molar-refractivity contribution in [2.45, 2.75) is 26.3 Å². The number of primary amides is 1. The van der Waals surface area contributed by atoms with Crippen molar-refractivity contribution in [1.82, 2.24) is 24.8 Å². The average Bonchev–Trinajstić information content (AvgIpc) is 3.11. The van der Waals surface area contributed by atoms with Gasteiger partial charge in [-0.1, -0.05) is 13.8 Å². The van der Waals surface area contributed by atoms with Crippen molar-refractivity contribution in [3.8, 4) is 6.07 Å². The fraction of sp³-hybridized carbons (Fsp3) is 0.300. The molecule has 10 nitrogen and oxygen atoms in total. The van der Waals surface area contributed by atoms with Crippen LogP contribution in [0.3, 0.4) is 0 Å². The number of aromatic nitrogens is 5. The van der Waals surface area contributed by atoms with Gasteiger partial charge in [-0.3, -0.25) is 4.79 Å². The van der Waals surface area contributed by atoms with Crippen LogP contribution in [0.2, 0.25) is 0 Å². The quantitative estimate of drug-likeness (QED) is 0.564. The Morgan fingerprint density at radius 1 is 1.42 bits per heavy atom. The molecule has 1 atom stereocenters. The second-order valence-corrected chi connectivity index (χ2v) is 8.79. The molecule has 1 aliphatic rings.